The maximum atomic E-state index is 12.5. The van der Waals surface area contributed by atoms with E-state index in [9.17, 15) is 18.3 Å². The van der Waals surface area contributed by atoms with Crippen molar-refractivity contribution in [3.63, 3.8) is 0 Å². The Morgan fingerprint density at radius 1 is 0.933 bits per heavy atom. The number of benzene rings is 1. The van der Waals surface area contributed by atoms with Gasteiger partial charge in [-0.25, -0.2) is 8.42 Å². The van der Waals surface area contributed by atoms with Crippen LogP contribution in [-0.2, 0) is 14.8 Å². The van der Waals surface area contributed by atoms with Crippen molar-refractivity contribution in [1.29, 1.82) is 0 Å². The molecule has 1 amide bonds. The van der Waals surface area contributed by atoms with Crippen LogP contribution in [0.1, 0.15) is 83.6 Å². The van der Waals surface area contributed by atoms with Crippen LogP contribution < -0.4 is 10.0 Å². The number of rotatable bonds is 16. The predicted octanol–water partition coefficient (Wildman–Crippen LogP) is 4.06. The minimum Gasteiger partial charge on any atom is -0.391 e. The third-order valence-corrected chi connectivity index (χ3v) is 6.66. The van der Waals surface area contributed by atoms with Crippen LogP contribution >= 0.6 is 0 Å². The van der Waals surface area contributed by atoms with Gasteiger partial charge in [0.05, 0.1) is 11.0 Å². The van der Waals surface area contributed by atoms with E-state index in [2.05, 4.69) is 17.0 Å². The van der Waals surface area contributed by atoms with Gasteiger partial charge in [0, 0.05) is 6.54 Å². The van der Waals surface area contributed by atoms with Crippen LogP contribution in [0.2, 0.25) is 0 Å². The number of aliphatic hydroxyl groups is 1. The van der Waals surface area contributed by atoms with Crippen LogP contribution in [0.3, 0.4) is 0 Å². The number of carbonyl (C=O) groups excluding carboxylic acids is 1. The van der Waals surface area contributed by atoms with E-state index in [1.165, 1.54) is 64.0 Å². The summed E-state index contributed by atoms with van der Waals surface area (Å²) in [5.41, 5.74) is 0.940. The van der Waals surface area contributed by atoms with Crippen LogP contribution in [0, 0.1) is 6.92 Å². The second-order valence-corrected chi connectivity index (χ2v) is 9.84. The molecule has 30 heavy (non-hydrogen) atoms. The SMILES string of the molecule is CCCCCCCCCCCCNC(=O)[C@@H](NS(=O)(=O)c1ccc(C)cc1)[C@@H](C)O. The smallest absolute Gasteiger partial charge is 0.241 e. The molecule has 172 valence electrons. The number of aliphatic hydroxyl groups excluding tert-OH is 1. The molecule has 0 spiro atoms. The fraction of sp³-hybridized carbons (Fsp3) is 0.696. The first-order valence-electron chi connectivity index (χ1n) is 11.3. The van der Waals surface area contributed by atoms with E-state index in [0.717, 1.165) is 24.8 Å². The van der Waals surface area contributed by atoms with E-state index < -0.39 is 28.1 Å². The molecule has 0 bridgehead atoms. The average molecular weight is 441 g/mol. The summed E-state index contributed by atoms with van der Waals surface area (Å²) in [6, 6.07) is 5.13. The third-order valence-electron chi connectivity index (χ3n) is 5.21. The van der Waals surface area contributed by atoms with E-state index in [1.807, 2.05) is 6.92 Å². The lowest BCUT2D eigenvalue weighted by atomic mass is 10.1. The predicted molar refractivity (Wildman–Crippen MR) is 122 cm³/mol. The lowest BCUT2D eigenvalue weighted by molar-refractivity contribution is -0.124. The van der Waals surface area contributed by atoms with Gasteiger partial charge in [0.15, 0.2) is 0 Å². The lowest BCUT2D eigenvalue weighted by Gasteiger charge is -2.21. The molecule has 1 aromatic carbocycles. The molecule has 0 unspecified atom stereocenters. The van der Waals surface area contributed by atoms with Crippen LogP contribution in [0.15, 0.2) is 29.2 Å². The lowest BCUT2D eigenvalue weighted by Crippen LogP contribution is -2.52. The standard InChI is InChI=1S/C23H40N2O4S/c1-4-5-6-7-8-9-10-11-12-13-18-24-23(27)22(20(3)26)25-30(28,29)21-16-14-19(2)15-17-21/h14-17,20,22,25-26H,4-13,18H2,1-3H3,(H,24,27)/t20-,22+/m1/s1. The number of hydrogen-bond acceptors (Lipinski definition) is 4. The van der Waals surface area contributed by atoms with Gasteiger partial charge in [-0.3, -0.25) is 4.79 Å². The highest BCUT2D eigenvalue weighted by atomic mass is 32.2. The largest absolute Gasteiger partial charge is 0.391 e. The summed E-state index contributed by atoms with van der Waals surface area (Å²) in [6.07, 6.45) is 10.9. The molecular weight excluding hydrogens is 400 g/mol. The Labute approximate surface area is 182 Å². The van der Waals surface area contributed by atoms with Gasteiger partial charge < -0.3 is 10.4 Å². The van der Waals surface area contributed by atoms with Crippen LogP contribution in [-0.4, -0.2) is 38.1 Å². The summed E-state index contributed by atoms with van der Waals surface area (Å²) in [6.45, 7) is 5.97. The summed E-state index contributed by atoms with van der Waals surface area (Å²) >= 11 is 0. The maximum absolute atomic E-state index is 12.5. The fourth-order valence-electron chi connectivity index (χ4n) is 3.26. The molecule has 1 aromatic rings. The van der Waals surface area contributed by atoms with Gasteiger partial charge in [-0.1, -0.05) is 82.4 Å². The first-order valence-corrected chi connectivity index (χ1v) is 12.8. The number of aryl methyl sites for hydroxylation is 1. The summed E-state index contributed by atoms with van der Waals surface area (Å²) in [7, 11) is -3.89. The highest BCUT2D eigenvalue weighted by Crippen LogP contribution is 2.12. The highest BCUT2D eigenvalue weighted by Gasteiger charge is 2.29. The van der Waals surface area contributed by atoms with E-state index in [0.29, 0.717) is 6.54 Å². The second kappa shape index (κ2) is 14.5. The zero-order valence-electron chi connectivity index (χ0n) is 18.8. The molecule has 0 saturated heterocycles. The van der Waals surface area contributed by atoms with Gasteiger partial charge in [-0.2, -0.15) is 4.72 Å². The van der Waals surface area contributed by atoms with E-state index >= 15 is 0 Å². The summed E-state index contributed by atoms with van der Waals surface area (Å²) in [5.74, 6) is -0.503. The van der Waals surface area contributed by atoms with E-state index in [4.69, 9.17) is 0 Å². The molecule has 1 rings (SSSR count). The third kappa shape index (κ3) is 10.5. The molecule has 0 saturated carbocycles. The molecule has 0 fully saturated rings. The average Bonchev–Trinajstić information content (AvgIpc) is 2.70. The van der Waals surface area contributed by atoms with Crippen molar-refractivity contribution >= 4 is 15.9 Å². The zero-order chi connectivity index (χ0) is 22.4. The monoisotopic (exact) mass is 440 g/mol. The van der Waals surface area contributed by atoms with Crippen molar-refractivity contribution < 1.29 is 18.3 Å². The van der Waals surface area contributed by atoms with E-state index in [1.54, 1.807) is 12.1 Å². The van der Waals surface area contributed by atoms with Gasteiger partial charge >= 0.3 is 0 Å². The quantitative estimate of drug-likeness (QED) is 0.338. The van der Waals surface area contributed by atoms with Crippen molar-refractivity contribution in [2.75, 3.05) is 6.54 Å². The van der Waals surface area contributed by atoms with Crippen LogP contribution in [0.4, 0.5) is 0 Å². The molecule has 2 atom stereocenters. The molecule has 0 aliphatic rings. The molecule has 0 radical (unpaired) electrons. The molecule has 0 aliphatic heterocycles. The molecule has 3 N–H and O–H groups in total. The van der Waals surface area contributed by atoms with Crippen molar-refractivity contribution in [2.24, 2.45) is 0 Å². The summed E-state index contributed by atoms with van der Waals surface area (Å²) in [4.78, 5) is 12.5. The number of unbranched alkanes of at least 4 members (excludes halogenated alkanes) is 9. The van der Waals surface area contributed by atoms with Crippen molar-refractivity contribution in [1.82, 2.24) is 10.0 Å². The first kappa shape index (κ1) is 26.6. The number of sulfonamides is 1. The molecule has 6 nitrogen and oxygen atoms in total. The number of hydrogen-bond donors (Lipinski definition) is 3. The molecule has 0 aromatic heterocycles. The Morgan fingerprint density at radius 3 is 1.93 bits per heavy atom. The Balaban J connectivity index is 2.33. The number of nitrogens with one attached hydrogen (secondary N) is 2. The van der Waals surface area contributed by atoms with Crippen LogP contribution in [0.25, 0.3) is 0 Å². The Morgan fingerprint density at radius 2 is 1.43 bits per heavy atom. The van der Waals surface area contributed by atoms with Gasteiger partial charge in [0.1, 0.15) is 6.04 Å². The second-order valence-electron chi connectivity index (χ2n) is 8.13. The van der Waals surface area contributed by atoms with Gasteiger partial charge in [-0.05, 0) is 32.4 Å². The number of amides is 1. The Bertz CT molecular complexity index is 702. The maximum Gasteiger partial charge on any atom is 0.241 e. The molecule has 0 aliphatic carbocycles. The topological polar surface area (TPSA) is 95.5 Å². The van der Waals surface area contributed by atoms with Crippen molar-refractivity contribution in [3.05, 3.63) is 29.8 Å². The van der Waals surface area contributed by atoms with Gasteiger partial charge in [0.25, 0.3) is 0 Å². The Kier molecular flexibility index (Phi) is 12.9. The molecule has 7 heteroatoms. The number of carbonyl (C=O) groups is 1. The fourth-order valence-corrected chi connectivity index (χ4v) is 4.53. The molecular formula is C23H40N2O4S. The minimum atomic E-state index is -3.89. The minimum absolute atomic E-state index is 0.0706. The zero-order valence-corrected chi connectivity index (χ0v) is 19.6. The first-order chi connectivity index (χ1) is 14.3. The van der Waals surface area contributed by atoms with Gasteiger partial charge in [-0.15, -0.1) is 0 Å². The Hall–Kier alpha value is -1.44. The van der Waals surface area contributed by atoms with E-state index in [-0.39, 0.29) is 4.90 Å². The van der Waals surface area contributed by atoms with Gasteiger partial charge in [0.2, 0.25) is 15.9 Å². The molecule has 0 heterocycles. The summed E-state index contributed by atoms with van der Waals surface area (Å²) < 4.78 is 27.4. The van der Waals surface area contributed by atoms with Crippen molar-refractivity contribution in [2.45, 2.75) is 102 Å². The normalized spacial score (nSPS) is 13.7. The summed E-state index contributed by atoms with van der Waals surface area (Å²) in [5, 5.41) is 12.7. The van der Waals surface area contributed by atoms with Crippen molar-refractivity contribution in [3.8, 4) is 0 Å². The highest BCUT2D eigenvalue weighted by molar-refractivity contribution is 7.89. The van der Waals surface area contributed by atoms with Crippen LogP contribution in [0.5, 0.6) is 0 Å².